The van der Waals surface area contributed by atoms with Crippen molar-refractivity contribution in [3.63, 3.8) is 0 Å². The first-order valence-electron chi connectivity index (χ1n) is 6.50. The van der Waals surface area contributed by atoms with Crippen LogP contribution in [0.15, 0.2) is 0 Å². The monoisotopic (exact) mass is 269 g/mol. The molecule has 0 aromatic heterocycles. The second-order valence-corrected chi connectivity index (χ2v) is 16.6. The van der Waals surface area contributed by atoms with Crippen LogP contribution >= 0.6 is 0 Å². The minimum absolute atomic E-state index is 0.0844. The number of hydrogen-bond donors (Lipinski definition) is 1. The van der Waals surface area contributed by atoms with Crippen molar-refractivity contribution >= 4 is 16.5 Å². The molecule has 2 nitrogen and oxygen atoms in total. The van der Waals surface area contributed by atoms with Gasteiger partial charge in [0.25, 0.3) is 0 Å². The molecule has 4 heteroatoms. The van der Waals surface area contributed by atoms with Crippen molar-refractivity contribution < 1.29 is 5.11 Å². The number of rotatable bonds is 1. The molecular weight excluding hydrogens is 242 g/mol. The quantitative estimate of drug-likeness (QED) is 0.584. The van der Waals surface area contributed by atoms with Gasteiger partial charge in [0.05, 0.1) is 5.54 Å². The van der Waals surface area contributed by atoms with E-state index in [0.29, 0.717) is 0 Å². The first-order chi connectivity index (χ1) is 7.49. The van der Waals surface area contributed by atoms with E-state index in [0.717, 1.165) is 0 Å². The minimum Gasteiger partial charge on any atom is -0.381 e. The Morgan fingerprint density at radius 3 is 1.88 bits per heavy atom. The highest BCUT2D eigenvalue weighted by Gasteiger charge is 2.52. The molecule has 0 spiro atoms. The Hall–Kier alpha value is -0.0862. The minimum atomic E-state index is -1.30. The second-order valence-electron chi connectivity index (χ2n) is 6.96. The Morgan fingerprint density at radius 2 is 1.53 bits per heavy atom. The maximum atomic E-state index is 9.35. The van der Waals surface area contributed by atoms with E-state index in [9.17, 15) is 5.11 Å². The van der Waals surface area contributed by atoms with Crippen LogP contribution in [-0.4, -0.2) is 37.5 Å². The molecule has 0 aromatic carbocycles. The molecule has 0 aromatic rings. The largest absolute Gasteiger partial charge is 0.381 e. The normalized spacial score (nSPS) is 25.2. The molecule has 1 aliphatic heterocycles. The second kappa shape index (κ2) is 4.54. The van der Waals surface area contributed by atoms with E-state index in [2.05, 4.69) is 56.1 Å². The molecular formula is C13H27NOSi2. The van der Waals surface area contributed by atoms with Gasteiger partial charge in [0.1, 0.15) is 22.6 Å². The van der Waals surface area contributed by atoms with Gasteiger partial charge in [0, 0.05) is 0 Å². The van der Waals surface area contributed by atoms with Gasteiger partial charge in [-0.25, -0.2) is 0 Å². The summed E-state index contributed by atoms with van der Waals surface area (Å²) in [6, 6.07) is 2.79. The Labute approximate surface area is 109 Å². The standard InChI is InChI=1S/C13H27NOSi2/c1-12(15)8-9-13(2,3)14-16(4,5)10-11-17(14,6)7/h12,15H,10-11H2,1-7H3. The fourth-order valence-electron chi connectivity index (χ4n) is 3.51. The van der Waals surface area contributed by atoms with Gasteiger partial charge >= 0.3 is 0 Å². The van der Waals surface area contributed by atoms with Crippen LogP contribution in [-0.2, 0) is 0 Å². The summed E-state index contributed by atoms with van der Waals surface area (Å²) in [5.41, 5.74) is -0.0844. The van der Waals surface area contributed by atoms with Crippen LogP contribution in [0.5, 0.6) is 0 Å². The van der Waals surface area contributed by atoms with Crippen LogP contribution in [0.4, 0.5) is 0 Å². The Balaban J connectivity index is 3.09. The number of aliphatic hydroxyl groups excluding tert-OH is 1. The average molecular weight is 270 g/mol. The summed E-state index contributed by atoms with van der Waals surface area (Å²) >= 11 is 0. The maximum Gasteiger partial charge on any atom is 0.116 e. The first-order valence-corrected chi connectivity index (χ1v) is 12.8. The first kappa shape index (κ1) is 15.0. The van der Waals surface area contributed by atoms with Crippen LogP contribution < -0.4 is 0 Å². The van der Waals surface area contributed by atoms with Crippen LogP contribution in [0.25, 0.3) is 0 Å². The average Bonchev–Trinajstić information content (AvgIpc) is 2.33. The summed E-state index contributed by atoms with van der Waals surface area (Å²) < 4.78 is 2.78. The number of nitrogens with zero attached hydrogens (tertiary/aromatic N) is 1. The molecule has 0 radical (unpaired) electrons. The third-order valence-electron chi connectivity index (χ3n) is 3.71. The highest BCUT2D eigenvalue weighted by Crippen LogP contribution is 2.41. The summed E-state index contributed by atoms with van der Waals surface area (Å²) in [7, 11) is -2.60. The lowest BCUT2D eigenvalue weighted by Gasteiger charge is -2.47. The van der Waals surface area contributed by atoms with E-state index in [1.54, 1.807) is 6.92 Å². The number of hydrogen-bond acceptors (Lipinski definition) is 2. The summed E-state index contributed by atoms with van der Waals surface area (Å²) in [6.07, 6.45) is -0.522. The van der Waals surface area contributed by atoms with Crippen LogP contribution in [0.2, 0.25) is 38.3 Å². The molecule has 0 bridgehead atoms. The van der Waals surface area contributed by atoms with Gasteiger partial charge in [-0.1, -0.05) is 38.0 Å². The van der Waals surface area contributed by atoms with Gasteiger partial charge in [-0.3, -0.25) is 0 Å². The lowest BCUT2D eigenvalue weighted by Crippen LogP contribution is -2.63. The van der Waals surface area contributed by atoms with E-state index >= 15 is 0 Å². The Morgan fingerprint density at radius 1 is 1.12 bits per heavy atom. The molecule has 0 saturated carbocycles. The maximum absolute atomic E-state index is 9.35. The van der Waals surface area contributed by atoms with Crippen molar-refractivity contribution in [1.29, 1.82) is 0 Å². The zero-order valence-corrected chi connectivity index (χ0v) is 14.4. The van der Waals surface area contributed by atoms with Crippen molar-refractivity contribution in [2.45, 2.75) is 70.7 Å². The van der Waals surface area contributed by atoms with Crippen molar-refractivity contribution in [1.82, 2.24) is 4.23 Å². The van der Waals surface area contributed by atoms with Gasteiger partial charge in [-0.15, -0.1) is 0 Å². The molecule has 17 heavy (non-hydrogen) atoms. The predicted molar refractivity (Wildman–Crippen MR) is 80.0 cm³/mol. The molecule has 1 heterocycles. The fourth-order valence-corrected chi connectivity index (χ4v) is 19.2. The zero-order valence-electron chi connectivity index (χ0n) is 12.4. The molecule has 1 atom stereocenters. The Bertz CT molecular complexity index is 334. The SMILES string of the molecule is CC(O)C#CC(C)(C)N1[Si](C)(C)CC[Si]1(C)C. The zero-order chi connectivity index (χ0) is 13.5. The molecule has 1 N–H and O–H groups in total. The Kier molecular flexibility index (Phi) is 4.00. The molecule has 1 saturated heterocycles. The number of aliphatic hydroxyl groups is 1. The van der Waals surface area contributed by atoms with Gasteiger partial charge in [-0.2, -0.15) is 0 Å². The van der Waals surface area contributed by atoms with Gasteiger partial charge in [0.2, 0.25) is 0 Å². The van der Waals surface area contributed by atoms with Crippen LogP contribution in [0.1, 0.15) is 20.8 Å². The molecule has 0 amide bonds. The van der Waals surface area contributed by atoms with Crippen LogP contribution in [0.3, 0.4) is 0 Å². The molecule has 1 aliphatic rings. The van der Waals surface area contributed by atoms with E-state index in [1.165, 1.54) is 12.1 Å². The topological polar surface area (TPSA) is 23.5 Å². The highest BCUT2D eigenvalue weighted by molar-refractivity contribution is 6.95. The van der Waals surface area contributed by atoms with Gasteiger partial charge in [-0.05, 0) is 32.9 Å². The summed E-state index contributed by atoms with van der Waals surface area (Å²) in [5, 5.41) is 9.35. The van der Waals surface area contributed by atoms with Crippen molar-refractivity contribution in [2.75, 3.05) is 0 Å². The third-order valence-corrected chi connectivity index (χ3v) is 14.3. The van der Waals surface area contributed by atoms with E-state index in [4.69, 9.17) is 0 Å². The highest BCUT2D eigenvalue weighted by atomic mass is 28.4. The summed E-state index contributed by atoms with van der Waals surface area (Å²) in [4.78, 5) is 0. The molecule has 1 fully saturated rings. The van der Waals surface area contributed by atoms with Crippen LogP contribution in [0, 0.1) is 11.8 Å². The van der Waals surface area contributed by atoms with Crippen molar-refractivity contribution in [3.8, 4) is 11.8 Å². The van der Waals surface area contributed by atoms with Gasteiger partial charge < -0.3 is 9.34 Å². The summed E-state index contributed by atoms with van der Waals surface area (Å²) in [6.45, 7) is 16.0. The van der Waals surface area contributed by atoms with E-state index in [-0.39, 0.29) is 5.54 Å². The third kappa shape index (κ3) is 3.22. The lowest BCUT2D eigenvalue weighted by molar-refractivity contribution is 0.252. The van der Waals surface area contributed by atoms with Crippen molar-refractivity contribution in [2.24, 2.45) is 0 Å². The molecule has 0 aliphatic carbocycles. The molecule has 98 valence electrons. The van der Waals surface area contributed by atoms with Crippen molar-refractivity contribution in [3.05, 3.63) is 0 Å². The van der Waals surface area contributed by atoms with E-state index in [1.807, 2.05) is 0 Å². The predicted octanol–water partition coefficient (Wildman–Crippen LogP) is 2.88. The summed E-state index contributed by atoms with van der Waals surface area (Å²) in [5.74, 6) is 6.25. The van der Waals surface area contributed by atoms with E-state index < -0.39 is 22.6 Å². The molecule has 1 unspecified atom stereocenters. The van der Waals surface area contributed by atoms with Gasteiger partial charge in [0.15, 0.2) is 0 Å². The fraction of sp³-hybridized carbons (Fsp3) is 0.846. The smallest absolute Gasteiger partial charge is 0.116 e. The molecule has 1 rings (SSSR count). The lowest BCUT2D eigenvalue weighted by atomic mass is 10.1.